The van der Waals surface area contributed by atoms with Crippen molar-refractivity contribution in [3.8, 4) is 0 Å². The average molecular weight is 331 g/mol. The summed E-state index contributed by atoms with van der Waals surface area (Å²) in [7, 11) is 1.71. The highest BCUT2D eigenvalue weighted by molar-refractivity contribution is 5.90. The Bertz CT molecular complexity index is 585. The average Bonchev–Trinajstić information content (AvgIpc) is 2.60. The number of likely N-dealkylation sites (N-methyl/N-ethyl adjacent to an activating group) is 1. The predicted molar refractivity (Wildman–Crippen MR) is 96.1 cm³/mol. The zero-order chi connectivity index (χ0) is 17.8. The van der Waals surface area contributed by atoms with E-state index in [2.05, 4.69) is 17.6 Å². The van der Waals surface area contributed by atoms with Crippen molar-refractivity contribution in [2.75, 3.05) is 30.8 Å². The van der Waals surface area contributed by atoms with Gasteiger partial charge in [-0.15, -0.1) is 0 Å². The van der Waals surface area contributed by atoms with Crippen molar-refractivity contribution in [3.05, 3.63) is 35.9 Å². The van der Waals surface area contributed by atoms with Gasteiger partial charge in [0.25, 0.3) is 0 Å². The molecule has 0 aliphatic rings. The summed E-state index contributed by atoms with van der Waals surface area (Å²) in [5.41, 5.74) is 2.82. The second-order valence-electron chi connectivity index (χ2n) is 5.38. The van der Waals surface area contributed by atoms with Gasteiger partial charge in [-0.2, -0.15) is 0 Å². The van der Waals surface area contributed by atoms with Crippen LogP contribution in [0.2, 0.25) is 0 Å². The Morgan fingerprint density at radius 2 is 2.00 bits per heavy atom. The van der Waals surface area contributed by atoms with Crippen molar-refractivity contribution in [1.29, 1.82) is 0 Å². The van der Waals surface area contributed by atoms with Crippen LogP contribution in [0.4, 0.5) is 11.4 Å². The third-order valence-electron chi connectivity index (χ3n) is 3.64. The molecule has 1 aromatic carbocycles. The molecule has 0 aromatic heterocycles. The normalized spacial score (nSPS) is 10.4. The highest BCUT2D eigenvalue weighted by Crippen LogP contribution is 2.23. The van der Waals surface area contributed by atoms with Crippen molar-refractivity contribution in [2.45, 2.75) is 26.2 Å². The van der Waals surface area contributed by atoms with Gasteiger partial charge in [0.1, 0.15) is 6.29 Å². The van der Waals surface area contributed by atoms with Gasteiger partial charge in [-0.3, -0.25) is 14.4 Å². The van der Waals surface area contributed by atoms with Crippen LogP contribution < -0.4 is 10.6 Å². The lowest BCUT2D eigenvalue weighted by atomic mass is 10.1. The zero-order valence-electron chi connectivity index (χ0n) is 14.2. The summed E-state index contributed by atoms with van der Waals surface area (Å²) in [6.07, 6.45) is 6.35. The standard InChI is InChI=1S/C18H25N3O3/c1-3-15-8-9-16(17(13-15)20-14-23)19-10-4-5-11-21(2)18(24)7-6-12-22/h6-9,12-14,19H,3-5,10-11H2,1-2H3,(H,20,23)/b7-6-. The molecule has 0 bridgehead atoms. The first-order chi connectivity index (χ1) is 11.6. The van der Waals surface area contributed by atoms with Gasteiger partial charge in [-0.1, -0.05) is 13.0 Å². The molecule has 0 saturated heterocycles. The lowest BCUT2D eigenvalue weighted by Gasteiger charge is -2.16. The first kappa shape index (κ1) is 19.4. The van der Waals surface area contributed by atoms with E-state index in [9.17, 15) is 14.4 Å². The fraction of sp³-hybridized carbons (Fsp3) is 0.389. The predicted octanol–water partition coefficient (Wildman–Crippen LogP) is 2.22. The van der Waals surface area contributed by atoms with Gasteiger partial charge >= 0.3 is 0 Å². The zero-order valence-corrected chi connectivity index (χ0v) is 14.2. The number of nitrogens with zero attached hydrogens (tertiary/aromatic N) is 1. The van der Waals surface area contributed by atoms with E-state index in [1.54, 1.807) is 11.9 Å². The van der Waals surface area contributed by atoms with Gasteiger partial charge in [0.15, 0.2) is 0 Å². The van der Waals surface area contributed by atoms with Crippen LogP contribution in [0.15, 0.2) is 30.4 Å². The van der Waals surface area contributed by atoms with Crippen molar-refractivity contribution in [2.24, 2.45) is 0 Å². The molecule has 2 N–H and O–H groups in total. The van der Waals surface area contributed by atoms with Crippen LogP contribution in [-0.2, 0) is 20.8 Å². The fourth-order valence-corrected chi connectivity index (χ4v) is 2.20. The van der Waals surface area contributed by atoms with E-state index < -0.39 is 0 Å². The largest absolute Gasteiger partial charge is 0.383 e. The molecule has 1 aromatic rings. The Morgan fingerprint density at radius 3 is 2.67 bits per heavy atom. The number of hydrogen-bond donors (Lipinski definition) is 2. The SMILES string of the molecule is CCc1ccc(NCCCCN(C)C(=O)/C=C\C=O)c(NC=O)c1. The molecule has 0 aliphatic heterocycles. The summed E-state index contributed by atoms with van der Waals surface area (Å²) in [6, 6.07) is 5.96. The lowest BCUT2D eigenvalue weighted by molar-refractivity contribution is -0.125. The Balaban J connectivity index is 2.39. The molecule has 24 heavy (non-hydrogen) atoms. The minimum atomic E-state index is -0.178. The van der Waals surface area contributed by atoms with Crippen molar-refractivity contribution >= 4 is 30.0 Å². The number of unbranched alkanes of at least 4 members (excludes halogenated alkanes) is 1. The third kappa shape index (κ3) is 6.64. The van der Waals surface area contributed by atoms with Crippen LogP contribution in [0, 0.1) is 0 Å². The molecule has 0 fully saturated rings. The Kier molecular flexibility index (Phi) is 8.89. The summed E-state index contributed by atoms with van der Waals surface area (Å²) in [5.74, 6) is -0.178. The molecule has 2 amide bonds. The Morgan fingerprint density at radius 1 is 1.21 bits per heavy atom. The molecule has 0 aliphatic carbocycles. The monoisotopic (exact) mass is 331 g/mol. The molecule has 6 heteroatoms. The number of aryl methyl sites for hydroxylation is 1. The van der Waals surface area contributed by atoms with E-state index in [-0.39, 0.29) is 5.91 Å². The van der Waals surface area contributed by atoms with Crippen molar-refractivity contribution in [1.82, 2.24) is 4.90 Å². The van der Waals surface area contributed by atoms with Crippen LogP contribution in [0.25, 0.3) is 0 Å². The molecule has 1 rings (SSSR count). The first-order valence-corrected chi connectivity index (χ1v) is 8.06. The topological polar surface area (TPSA) is 78.5 Å². The molecule has 0 radical (unpaired) electrons. The van der Waals surface area contributed by atoms with Gasteiger partial charge in [-0.05, 0) is 43.0 Å². The first-order valence-electron chi connectivity index (χ1n) is 8.06. The number of carbonyl (C=O) groups is 3. The number of anilines is 2. The van der Waals surface area contributed by atoms with Crippen molar-refractivity contribution in [3.63, 3.8) is 0 Å². The smallest absolute Gasteiger partial charge is 0.246 e. The maximum atomic E-state index is 11.6. The van der Waals surface area contributed by atoms with E-state index >= 15 is 0 Å². The third-order valence-corrected chi connectivity index (χ3v) is 3.64. The quantitative estimate of drug-likeness (QED) is 0.370. The van der Waals surface area contributed by atoms with Crippen LogP contribution >= 0.6 is 0 Å². The summed E-state index contributed by atoms with van der Waals surface area (Å²) < 4.78 is 0. The van der Waals surface area contributed by atoms with Crippen LogP contribution in [0.5, 0.6) is 0 Å². The van der Waals surface area contributed by atoms with Crippen LogP contribution in [-0.4, -0.2) is 43.6 Å². The number of carbonyl (C=O) groups excluding carboxylic acids is 3. The molecule has 130 valence electrons. The Labute approximate surface area is 142 Å². The summed E-state index contributed by atoms with van der Waals surface area (Å²) in [4.78, 5) is 34.1. The van der Waals surface area contributed by atoms with E-state index in [1.165, 1.54) is 12.2 Å². The summed E-state index contributed by atoms with van der Waals surface area (Å²) in [6.45, 7) is 3.43. The summed E-state index contributed by atoms with van der Waals surface area (Å²) in [5, 5.41) is 6.01. The molecule has 6 nitrogen and oxygen atoms in total. The fourth-order valence-electron chi connectivity index (χ4n) is 2.20. The summed E-state index contributed by atoms with van der Waals surface area (Å²) >= 11 is 0. The highest BCUT2D eigenvalue weighted by Gasteiger charge is 2.05. The van der Waals surface area contributed by atoms with Gasteiger partial charge in [0, 0.05) is 26.2 Å². The maximum Gasteiger partial charge on any atom is 0.246 e. The van der Waals surface area contributed by atoms with Gasteiger partial charge in [-0.25, -0.2) is 0 Å². The van der Waals surface area contributed by atoms with Gasteiger partial charge in [0.05, 0.1) is 11.4 Å². The minimum absolute atomic E-state index is 0.178. The molecular formula is C18H25N3O3. The number of benzene rings is 1. The van der Waals surface area contributed by atoms with Crippen LogP contribution in [0.1, 0.15) is 25.3 Å². The number of allylic oxidation sites excluding steroid dienone is 1. The minimum Gasteiger partial charge on any atom is -0.383 e. The molecule has 0 heterocycles. The van der Waals surface area contributed by atoms with E-state index in [0.29, 0.717) is 19.2 Å². The number of amides is 2. The van der Waals surface area contributed by atoms with Gasteiger partial charge in [0.2, 0.25) is 12.3 Å². The number of hydrogen-bond acceptors (Lipinski definition) is 4. The van der Waals surface area contributed by atoms with Crippen LogP contribution in [0.3, 0.4) is 0 Å². The Hall–Kier alpha value is -2.63. The molecular weight excluding hydrogens is 306 g/mol. The second-order valence-corrected chi connectivity index (χ2v) is 5.38. The molecule has 0 spiro atoms. The number of aldehydes is 1. The number of rotatable bonds is 11. The molecule has 0 atom stereocenters. The van der Waals surface area contributed by atoms with Gasteiger partial charge < -0.3 is 15.5 Å². The highest BCUT2D eigenvalue weighted by atomic mass is 16.2. The number of nitrogens with one attached hydrogen (secondary N) is 2. The molecule has 0 unspecified atom stereocenters. The molecule has 0 saturated carbocycles. The maximum absolute atomic E-state index is 11.6. The van der Waals surface area contributed by atoms with Crippen molar-refractivity contribution < 1.29 is 14.4 Å². The second kappa shape index (κ2) is 11.0. The van der Waals surface area contributed by atoms with E-state index in [1.807, 2.05) is 18.2 Å². The lowest BCUT2D eigenvalue weighted by Crippen LogP contribution is -2.26. The van der Waals surface area contributed by atoms with E-state index in [4.69, 9.17) is 0 Å². The van der Waals surface area contributed by atoms with E-state index in [0.717, 1.165) is 42.7 Å².